The lowest BCUT2D eigenvalue weighted by Gasteiger charge is -2.34. The Morgan fingerprint density at radius 2 is 1.90 bits per heavy atom. The molecule has 7 heteroatoms. The molecule has 1 aliphatic rings. The summed E-state index contributed by atoms with van der Waals surface area (Å²) in [5.74, 6) is -0.592. The van der Waals surface area contributed by atoms with E-state index in [1.807, 2.05) is 7.05 Å². The molecule has 0 amide bonds. The maximum absolute atomic E-state index is 13.8. The number of nitrogen functional groups attached to an aromatic ring is 1. The first-order chi connectivity index (χ1) is 9.73. The van der Waals surface area contributed by atoms with Crippen LogP contribution >= 0.6 is 0 Å². The van der Waals surface area contributed by atoms with E-state index in [1.54, 1.807) is 7.05 Å². The number of nitrogens with two attached hydrogens (primary N) is 1. The highest BCUT2D eigenvalue weighted by Crippen LogP contribution is 2.27. The molecule has 0 aliphatic carbocycles. The summed E-state index contributed by atoms with van der Waals surface area (Å²) in [6.07, 6.45) is 1.55. The van der Waals surface area contributed by atoms with E-state index in [9.17, 15) is 12.8 Å². The van der Waals surface area contributed by atoms with Gasteiger partial charge in [0.05, 0.1) is 4.90 Å². The Kier molecular flexibility index (Phi) is 4.55. The van der Waals surface area contributed by atoms with Gasteiger partial charge in [0.2, 0.25) is 10.0 Å². The van der Waals surface area contributed by atoms with Gasteiger partial charge in [-0.25, -0.2) is 12.8 Å². The van der Waals surface area contributed by atoms with Gasteiger partial charge in [0, 0.05) is 24.3 Å². The lowest BCUT2D eigenvalue weighted by molar-refractivity contribution is 0.197. The van der Waals surface area contributed by atoms with Crippen molar-refractivity contribution in [3.05, 3.63) is 23.5 Å². The fourth-order valence-electron chi connectivity index (χ4n) is 2.65. The predicted molar refractivity (Wildman–Crippen MR) is 81.0 cm³/mol. The number of anilines is 1. The highest BCUT2D eigenvalue weighted by atomic mass is 32.2. The molecule has 0 aromatic heterocycles. The van der Waals surface area contributed by atoms with Crippen LogP contribution in [0.4, 0.5) is 10.1 Å². The molecule has 5 nitrogen and oxygen atoms in total. The largest absolute Gasteiger partial charge is 0.399 e. The van der Waals surface area contributed by atoms with Gasteiger partial charge in [-0.15, -0.1) is 0 Å². The van der Waals surface area contributed by atoms with E-state index in [0.717, 1.165) is 32.0 Å². The number of piperidine rings is 1. The van der Waals surface area contributed by atoms with Crippen molar-refractivity contribution in [1.82, 2.24) is 9.21 Å². The van der Waals surface area contributed by atoms with Gasteiger partial charge in [0.1, 0.15) is 5.82 Å². The van der Waals surface area contributed by atoms with Gasteiger partial charge in [0.25, 0.3) is 0 Å². The molecule has 1 saturated heterocycles. The van der Waals surface area contributed by atoms with Crippen LogP contribution < -0.4 is 5.73 Å². The Morgan fingerprint density at radius 1 is 1.33 bits per heavy atom. The van der Waals surface area contributed by atoms with E-state index >= 15 is 0 Å². The molecule has 1 heterocycles. The van der Waals surface area contributed by atoms with E-state index < -0.39 is 15.8 Å². The minimum Gasteiger partial charge on any atom is -0.399 e. The fourth-order valence-corrected chi connectivity index (χ4v) is 4.33. The third-order valence-electron chi connectivity index (χ3n) is 4.18. The van der Waals surface area contributed by atoms with E-state index in [-0.39, 0.29) is 22.2 Å². The summed E-state index contributed by atoms with van der Waals surface area (Å²) >= 11 is 0. The maximum Gasteiger partial charge on any atom is 0.243 e. The highest BCUT2D eigenvalue weighted by Gasteiger charge is 2.31. The normalized spacial score (nSPS) is 18.3. The second kappa shape index (κ2) is 5.90. The molecule has 0 atom stereocenters. The van der Waals surface area contributed by atoms with Gasteiger partial charge in [-0.3, -0.25) is 0 Å². The molecular formula is C14H22FN3O2S. The molecule has 1 aliphatic heterocycles. The zero-order valence-corrected chi connectivity index (χ0v) is 13.5. The van der Waals surface area contributed by atoms with Gasteiger partial charge in [-0.2, -0.15) is 4.31 Å². The zero-order valence-electron chi connectivity index (χ0n) is 12.6. The molecule has 0 radical (unpaired) electrons. The summed E-state index contributed by atoms with van der Waals surface area (Å²) in [4.78, 5) is 2.13. The molecule has 2 N–H and O–H groups in total. The van der Waals surface area contributed by atoms with Gasteiger partial charge in [0.15, 0.2) is 0 Å². The lowest BCUT2D eigenvalue weighted by atomic mass is 10.1. The summed E-state index contributed by atoms with van der Waals surface area (Å²) < 4.78 is 40.6. The molecule has 1 aromatic carbocycles. The Morgan fingerprint density at radius 3 is 2.48 bits per heavy atom. The smallest absolute Gasteiger partial charge is 0.243 e. The average Bonchev–Trinajstić information content (AvgIpc) is 2.42. The standard InChI is InChI=1S/C14H22FN3O2S/c1-10-13(15)8-11(16)9-14(10)21(19,20)18(3)12-4-6-17(2)7-5-12/h8-9,12H,4-7,16H2,1-3H3. The molecule has 0 unspecified atom stereocenters. The third kappa shape index (κ3) is 3.20. The minimum absolute atomic E-state index is 0.0403. The van der Waals surface area contributed by atoms with Crippen molar-refractivity contribution in [3.8, 4) is 0 Å². The summed E-state index contributed by atoms with van der Waals surface area (Å²) in [5.41, 5.74) is 5.83. The van der Waals surface area contributed by atoms with Crippen molar-refractivity contribution >= 4 is 15.7 Å². The number of rotatable bonds is 3. The van der Waals surface area contributed by atoms with Gasteiger partial charge in [-0.1, -0.05) is 0 Å². The number of halogens is 1. The van der Waals surface area contributed by atoms with Crippen LogP contribution in [0.2, 0.25) is 0 Å². The van der Waals surface area contributed by atoms with Crippen LogP contribution in [0.3, 0.4) is 0 Å². The second-order valence-electron chi connectivity index (χ2n) is 5.68. The van der Waals surface area contributed by atoms with Crippen LogP contribution in [0, 0.1) is 12.7 Å². The van der Waals surface area contributed by atoms with E-state index in [2.05, 4.69) is 4.90 Å². The first kappa shape index (κ1) is 16.2. The SMILES string of the molecule is Cc1c(F)cc(N)cc1S(=O)(=O)N(C)C1CCN(C)CC1. The van der Waals surface area contributed by atoms with Gasteiger partial charge >= 0.3 is 0 Å². The van der Waals surface area contributed by atoms with Crippen LogP contribution in [0.15, 0.2) is 17.0 Å². The predicted octanol–water partition coefficient (Wildman–Crippen LogP) is 1.43. The van der Waals surface area contributed by atoms with E-state index in [0.29, 0.717) is 0 Å². The van der Waals surface area contributed by atoms with Crippen molar-refractivity contribution in [1.29, 1.82) is 0 Å². The van der Waals surface area contributed by atoms with E-state index in [1.165, 1.54) is 17.3 Å². The van der Waals surface area contributed by atoms with Crippen LogP contribution in [-0.2, 0) is 10.0 Å². The summed E-state index contributed by atoms with van der Waals surface area (Å²) in [6, 6.07) is 2.42. The molecule has 2 rings (SSSR count). The van der Waals surface area contributed by atoms with Crippen molar-refractivity contribution in [2.45, 2.75) is 30.7 Å². The molecular weight excluding hydrogens is 293 g/mol. The molecule has 0 spiro atoms. The average molecular weight is 315 g/mol. The Balaban J connectivity index is 2.34. The lowest BCUT2D eigenvalue weighted by Crippen LogP contribution is -2.44. The van der Waals surface area contributed by atoms with E-state index in [4.69, 9.17) is 5.73 Å². The first-order valence-electron chi connectivity index (χ1n) is 6.95. The maximum atomic E-state index is 13.8. The summed E-state index contributed by atoms with van der Waals surface area (Å²) in [5, 5.41) is 0. The number of likely N-dealkylation sites (tertiary alicyclic amines) is 1. The number of hydrogen-bond acceptors (Lipinski definition) is 4. The molecule has 21 heavy (non-hydrogen) atoms. The summed E-state index contributed by atoms with van der Waals surface area (Å²) in [7, 11) is -0.160. The zero-order chi connectivity index (χ0) is 15.8. The van der Waals surface area contributed by atoms with Crippen molar-refractivity contribution in [3.63, 3.8) is 0 Å². The molecule has 0 bridgehead atoms. The Hall–Kier alpha value is -1.18. The second-order valence-corrected chi connectivity index (χ2v) is 7.65. The van der Waals surface area contributed by atoms with Gasteiger partial charge in [-0.05, 0) is 52.0 Å². The number of nitrogens with zero attached hydrogens (tertiary/aromatic N) is 2. The Bertz CT molecular complexity index is 625. The Labute approximate surface area is 125 Å². The van der Waals surface area contributed by atoms with Crippen molar-refractivity contribution in [2.75, 3.05) is 32.9 Å². The topological polar surface area (TPSA) is 66.6 Å². The molecule has 1 fully saturated rings. The minimum atomic E-state index is -3.74. The first-order valence-corrected chi connectivity index (χ1v) is 8.39. The summed E-state index contributed by atoms with van der Waals surface area (Å²) in [6.45, 7) is 3.17. The van der Waals surface area contributed by atoms with Crippen LogP contribution in [0.5, 0.6) is 0 Å². The van der Waals surface area contributed by atoms with Crippen molar-refractivity contribution < 1.29 is 12.8 Å². The number of sulfonamides is 1. The molecule has 0 saturated carbocycles. The van der Waals surface area contributed by atoms with Gasteiger partial charge < -0.3 is 10.6 Å². The fraction of sp³-hybridized carbons (Fsp3) is 0.571. The number of hydrogen-bond donors (Lipinski definition) is 1. The van der Waals surface area contributed by atoms with Crippen LogP contribution in [0.1, 0.15) is 18.4 Å². The van der Waals surface area contributed by atoms with Crippen molar-refractivity contribution in [2.24, 2.45) is 0 Å². The monoisotopic (exact) mass is 315 g/mol. The third-order valence-corrected chi connectivity index (χ3v) is 6.21. The van der Waals surface area contributed by atoms with Crippen LogP contribution in [0.25, 0.3) is 0 Å². The number of benzene rings is 1. The molecule has 118 valence electrons. The van der Waals surface area contributed by atoms with Crippen LogP contribution in [-0.4, -0.2) is 50.8 Å². The highest BCUT2D eigenvalue weighted by molar-refractivity contribution is 7.89. The quantitative estimate of drug-likeness (QED) is 0.857. The molecule has 1 aromatic rings.